The van der Waals surface area contributed by atoms with Gasteiger partial charge in [-0.25, -0.2) is 4.79 Å². The summed E-state index contributed by atoms with van der Waals surface area (Å²) in [4.78, 5) is 33.9. The Morgan fingerprint density at radius 2 is 1.95 bits per heavy atom. The molecule has 2 unspecified atom stereocenters. The molecule has 1 aliphatic carbocycles. The summed E-state index contributed by atoms with van der Waals surface area (Å²) in [6.07, 6.45) is 4.35. The van der Waals surface area contributed by atoms with Crippen molar-refractivity contribution >= 4 is 17.9 Å². The molecular formula is C14H18O6. The molecular weight excluding hydrogens is 264 g/mol. The summed E-state index contributed by atoms with van der Waals surface area (Å²) in [5, 5.41) is 9.02. The van der Waals surface area contributed by atoms with Gasteiger partial charge in [0.05, 0.1) is 11.8 Å². The lowest BCUT2D eigenvalue weighted by Crippen LogP contribution is -2.32. The molecule has 0 heterocycles. The molecule has 110 valence electrons. The van der Waals surface area contributed by atoms with Gasteiger partial charge in [0.2, 0.25) is 0 Å². The lowest BCUT2D eigenvalue weighted by molar-refractivity contribution is -0.159. The lowest BCUT2D eigenvalue weighted by Gasteiger charge is -2.22. The smallest absolute Gasteiger partial charge is 0.333 e. The van der Waals surface area contributed by atoms with Crippen molar-refractivity contribution in [2.75, 3.05) is 13.2 Å². The van der Waals surface area contributed by atoms with Crippen LogP contribution in [0.5, 0.6) is 0 Å². The fraction of sp³-hybridized carbons (Fsp3) is 0.500. The molecule has 1 aliphatic rings. The summed E-state index contributed by atoms with van der Waals surface area (Å²) in [5.41, 5.74) is 0.264. The third-order valence-corrected chi connectivity index (χ3v) is 2.92. The van der Waals surface area contributed by atoms with Gasteiger partial charge in [0.15, 0.2) is 0 Å². The van der Waals surface area contributed by atoms with Crippen molar-refractivity contribution in [3.8, 4) is 0 Å². The van der Waals surface area contributed by atoms with E-state index in [0.29, 0.717) is 12.8 Å². The Morgan fingerprint density at radius 1 is 1.30 bits per heavy atom. The van der Waals surface area contributed by atoms with Crippen LogP contribution in [0.1, 0.15) is 19.8 Å². The van der Waals surface area contributed by atoms with Crippen LogP contribution in [0, 0.1) is 11.8 Å². The SMILES string of the molecule is C=C(C)C(=O)OCCOC(=O)C1CCC=CC1C(=O)O. The van der Waals surface area contributed by atoms with Gasteiger partial charge in [-0.05, 0) is 19.8 Å². The predicted molar refractivity (Wildman–Crippen MR) is 69.7 cm³/mol. The third kappa shape index (κ3) is 4.53. The van der Waals surface area contributed by atoms with E-state index in [9.17, 15) is 14.4 Å². The van der Waals surface area contributed by atoms with Crippen LogP contribution in [0.2, 0.25) is 0 Å². The van der Waals surface area contributed by atoms with Gasteiger partial charge >= 0.3 is 17.9 Å². The monoisotopic (exact) mass is 282 g/mol. The topological polar surface area (TPSA) is 89.9 Å². The highest BCUT2D eigenvalue weighted by Crippen LogP contribution is 2.26. The molecule has 0 amide bonds. The summed E-state index contributed by atoms with van der Waals surface area (Å²) in [5.74, 6) is -3.71. The first-order valence-electron chi connectivity index (χ1n) is 6.32. The van der Waals surface area contributed by atoms with Crippen molar-refractivity contribution in [3.05, 3.63) is 24.3 Å². The van der Waals surface area contributed by atoms with Crippen LogP contribution in [0.3, 0.4) is 0 Å². The average Bonchev–Trinajstić information content (AvgIpc) is 2.42. The Morgan fingerprint density at radius 3 is 2.55 bits per heavy atom. The van der Waals surface area contributed by atoms with Gasteiger partial charge in [0, 0.05) is 5.57 Å². The summed E-state index contributed by atoms with van der Waals surface area (Å²) in [6.45, 7) is 4.77. The Bertz CT molecular complexity index is 437. The van der Waals surface area contributed by atoms with Crippen LogP contribution < -0.4 is 0 Å². The average molecular weight is 282 g/mol. The summed E-state index contributed by atoms with van der Waals surface area (Å²) in [6, 6.07) is 0. The minimum Gasteiger partial charge on any atom is -0.481 e. The van der Waals surface area contributed by atoms with Gasteiger partial charge in [0.1, 0.15) is 13.2 Å². The molecule has 0 radical (unpaired) electrons. The van der Waals surface area contributed by atoms with Gasteiger partial charge in [-0.15, -0.1) is 0 Å². The highest BCUT2D eigenvalue weighted by atomic mass is 16.6. The summed E-state index contributed by atoms with van der Waals surface area (Å²) in [7, 11) is 0. The van der Waals surface area contributed by atoms with Crippen molar-refractivity contribution in [3.63, 3.8) is 0 Å². The standard InChI is InChI=1S/C14H18O6/c1-9(2)13(17)19-7-8-20-14(18)11-6-4-3-5-10(11)12(15)16/h3,5,10-11H,1,4,6-8H2,2H3,(H,15,16). The Balaban J connectivity index is 2.39. The lowest BCUT2D eigenvalue weighted by atomic mass is 9.84. The van der Waals surface area contributed by atoms with Crippen LogP contribution in [0.15, 0.2) is 24.3 Å². The largest absolute Gasteiger partial charge is 0.481 e. The first-order valence-corrected chi connectivity index (χ1v) is 6.32. The van der Waals surface area contributed by atoms with Gasteiger partial charge in [0.25, 0.3) is 0 Å². The maximum Gasteiger partial charge on any atom is 0.333 e. The Hall–Kier alpha value is -2.11. The molecule has 0 saturated carbocycles. The van der Waals surface area contributed by atoms with Crippen molar-refractivity contribution < 1.29 is 29.0 Å². The first-order chi connectivity index (χ1) is 9.43. The van der Waals surface area contributed by atoms with Gasteiger partial charge in [-0.2, -0.15) is 0 Å². The molecule has 0 aliphatic heterocycles. The normalized spacial score (nSPS) is 21.1. The van der Waals surface area contributed by atoms with Gasteiger partial charge < -0.3 is 14.6 Å². The van der Waals surface area contributed by atoms with E-state index >= 15 is 0 Å². The Labute approximate surface area is 117 Å². The van der Waals surface area contributed by atoms with Crippen molar-refractivity contribution in [1.29, 1.82) is 0 Å². The molecule has 20 heavy (non-hydrogen) atoms. The molecule has 0 fully saturated rings. The number of carboxylic acid groups (broad SMARTS) is 1. The van der Waals surface area contributed by atoms with Crippen molar-refractivity contribution in [1.82, 2.24) is 0 Å². The van der Waals surface area contributed by atoms with E-state index < -0.39 is 29.7 Å². The molecule has 0 spiro atoms. The molecule has 0 bridgehead atoms. The number of allylic oxidation sites excluding steroid dienone is 1. The molecule has 0 aromatic heterocycles. The molecule has 2 atom stereocenters. The third-order valence-electron chi connectivity index (χ3n) is 2.92. The number of rotatable bonds is 6. The number of hydrogen-bond acceptors (Lipinski definition) is 5. The molecule has 6 nitrogen and oxygen atoms in total. The number of ether oxygens (including phenoxy) is 2. The highest BCUT2D eigenvalue weighted by Gasteiger charge is 2.34. The number of esters is 2. The zero-order valence-corrected chi connectivity index (χ0v) is 11.3. The van der Waals surface area contributed by atoms with E-state index in [1.165, 1.54) is 13.0 Å². The number of carboxylic acids is 1. The molecule has 0 saturated heterocycles. The second kappa shape index (κ2) is 7.47. The highest BCUT2D eigenvalue weighted by molar-refractivity contribution is 5.87. The molecule has 1 rings (SSSR count). The molecule has 1 N–H and O–H groups in total. The minimum absolute atomic E-state index is 0.0717. The second-order valence-corrected chi connectivity index (χ2v) is 4.56. The fourth-order valence-electron chi connectivity index (χ4n) is 1.86. The predicted octanol–water partition coefficient (Wildman–Crippen LogP) is 1.32. The van der Waals surface area contributed by atoms with Crippen molar-refractivity contribution in [2.45, 2.75) is 19.8 Å². The van der Waals surface area contributed by atoms with Crippen LogP contribution in [0.4, 0.5) is 0 Å². The zero-order valence-electron chi connectivity index (χ0n) is 11.3. The summed E-state index contributed by atoms with van der Waals surface area (Å²) < 4.78 is 9.72. The first kappa shape index (κ1) is 15.9. The van der Waals surface area contributed by atoms with Crippen LogP contribution in [-0.2, 0) is 23.9 Å². The van der Waals surface area contributed by atoms with E-state index in [1.54, 1.807) is 6.08 Å². The quantitative estimate of drug-likeness (QED) is 0.342. The summed E-state index contributed by atoms with van der Waals surface area (Å²) >= 11 is 0. The number of carbonyl (C=O) groups is 3. The van der Waals surface area contributed by atoms with Gasteiger partial charge in [-0.3, -0.25) is 9.59 Å². The molecule has 0 aromatic rings. The van der Waals surface area contributed by atoms with Crippen LogP contribution in [-0.4, -0.2) is 36.2 Å². The van der Waals surface area contributed by atoms with E-state index in [2.05, 4.69) is 6.58 Å². The number of hydrogen-bond donors (Lipinski definition) is 1. The van der Waals surface area contributed by atoms with Crippen LogP contribution >= 0.6 is 0 Å². The van der Waals surface area contributed by atoms with Gasteiger partial charge in [-0.1, -0.05) is 18.7 Å². The second-order valence-electron chi connectivity index (χ2n) is 4.56. The molecule has 6 heteroatoms. The minimum atomic E-state index is -1.04. The maximum atomic E-state index is 11.8. The number of carbonyl (C=O) groups excluding carboxylic acids is 2. The van der Waals surface area contributed by atoms with E-state index in [-0.39, 0.29) is 18.8 Å². The van der Waals surface area contributed by atoms with E-state index in [1.807, 2.05) is 0 Å². The van der Waals surface area contributed by atoms with Crippen molar-refractivity contribution in [2.24, 2.45) is 11.8 Å². The van der Waals surface area contributed by atoms with Crippen LogP contribution in [0.25, 0.3) is 0 Å². The number of aliphatic carboxylic acids is 1. The van der Waals surface area contributed by atoms with E-state index in [0.717, 1.165) is 0 Å². The fourth-order valence-corrected chi connectivity index (χ4v) is 1.86. The maximum absolute atomic E-state index is 11.8. The molecule has 0 aromatic carbocycles. The Kier molecular flexibility index (Phi) is 5.96. The van der Waals surface area contributed by atoms with E-state index in [4.69, 9.17) is 14.6 Å². The zero-order chi connectivity index (χ0) is 15.1.